The Morgan fingerprint density at radius 3 is 2.19 bits per heavy atom. The third kappa shape index (κ3) is 5.76. The predicted molar refractivity (Wildman–Crippen MR) is 86.8 cm³/mol. The number of benzene rings is 1. The number of hydrogen-bond donors (Lipinski definition) is 2. The summed E-state index contributed by atoms with van der Waals surface area (Å²) in [6, 6.07) is 5.65. The number of halogens is 1. The van der Waals surface area contributed by atoms with Crippen molar-refractivity contribution < 1.29 is 13.2 Å². The summed E-state index contributed by atoms with van der Waals surface area (Å²) < 4.78 is 26.8. The summed E-state index contributed by atoms with van der Waals surface area (Å²) in [6.07, 6.45) is 0. The lowest BCUT2D eigenvalue weighted by Gasteiger charge is -2.23. The van der Waals surface area contributed by atoms with Gasteiger partial charge in [0.2, 0.25) is 15.9 Å². The van der Waals surface area contributed by atoms with Gasteiger partial charge in [0.1, 0.15) is 0 Å². The third-order valence-corrected chi connectivity index (χ3v) is 4.82. The van der Waals surface area contributed by atoms with E-state index in [0.717, 1.165) is 5.56 Å². The second-order valence-electron chi connectivity index (χ2n) is 5.86. The predicted octanol–water partition coefficient (Wildman–Crippen LogP) is 2.16. The zero-order valence-electron chi connectivity index (χ0n) is 12.6. The van der Waals surface area contributed by atoms with Gasteiger partial charge in [0, 0.05) is 10.9 Å². The van der Waals surface area contributed by atoms with Crippen LogP contribution in [0.1, 0.15) is 33.3 Å². The Bertz CT molecular complexity index is 592. The van der Waals surface area contributed by atoms with Crippen LogP contribution in [0.25, 0.3) is 0 Å². The van der Waals surface area contributed by atoms with Crippen LogP contribution < -0.4 is 10.0 Å². The van der Waals surface area contributed by atoms with E-state index in [-0.39, 0.29) is 10.8 Å². The molecule has 0 radical (unpaired) electrons. The van der Waals surface area contributed by atoms with Crippen LogP contribution in [0.2, 0.25) is 0 Å². The van der Waals surface area contributed by atoms with Crippen LogP contribution in [0.15, 0.2) is 29.2 Å². The normalized spacial score (nSPS) is 13.8. The summed E-state index contributed by atoms with van der Waals surface area (Å²) in [5, 5.41) is 3.40. The van der Waals surface area contributed by atoms with Gasteiger partial charge in [-0.3, -0.25) is 4.79 Å². The van der Waals surface area contributed by atoms with Crippen LogP contribution in [0.3, 0.4) is 0 Å². The first kappa shape index (κ1) is 18.1. The van der Waals surface area contributed by atoms with Gasteiger partial charge in [0.15, 0.2) is 0 Å². The molecule has 1 aromatic rings. The van der Waals surface area contributed by atoms with E-state index in [1.807, 2.05) is 20.8 Å². The molecule has 0 spiro atoms. The van der Waals surface area contributed by atoms with Crippen LogP contribution in [0.4, 0.5) is 0 Å². The van der Waals surface area contributed by atoms with E-state index in [2.05, 4.69) is 26.0 Å². The number of hydrogen-bond acceptors (Lipinski definition) is 3. The Balaban J connectivity index is 2.81. The van der Waals surface area contributed by atoms with Crippen LogP contribution in [0.5, 0.6) is 0 Å². The van der Waals surface area contributed by atoms with Gasteiger partial charge in [-0.05, 0) is 45.4 Å². The quantitative estimate of drug-likeness (QED) is 0.773. The average Bonchev–Trinajstić information content (AvgIpc) is 2.36. The number of carbonyl (C=O) groups excluding carboxylic acids is 1. The highest BCUT2D eigenvalue weighted by molar-refractivity contribution is 9.08. The molecule has 0 aliphatic carbocycles. The van der Waals surface area contributed by atoms with E-state index in [1.54, 1.807) is 12.1 Å². The molecule has 2 N–H and O–H groups in total. The first-order valence-corrected chi connectivity index (χ1v) is 9.15. The van der Waals surface area contributed by atoms with Crippen molar-refractivity contribution in [2.24, 2.45) is 0 Å². The summed E-state index contributed by atoms with van der Waals surface area (Å²) in [4.78, 5) is 12.1. The van der Waals surface area contributed by atoms with Crippen LogP contribution >= 0.6 is 15.9 Å². The lowest BCUT2D eigenvalue weighted by molar-refractivity contribution is -0.123. The van der Waals surface area contributed by atoms with Crippen LogP contribution in [-0.2, 0) is 20.1 Å². The molecule has 5 nitrogen and oxygen atoms in total. The maximum absolute atomic E-state index is 12.2. The van der Waals surface area contributed by atoms with Crippen molar-refractivity contribution in [1.29, 1.82) is 0 Å². The van der Waals surface area contributed by atoms with Gasteiger partial charge in [-0.1, -0.05) is 28.1 Å². The number of nitrogens with one attached hydrogen (secondary N) is 2. The topological polar surface area (TPSA) is 75.3 Å². The molecule has 1 aromatic carbocycles. The van der Waals surface area contributed by atoms with Crippen molar-refractivity contribution in [2.75, 3.05) is 0 Å². The molecule has 118 valence electrons. The van der Waals surface area contributed by atoms with E-state index in [9.17, 15) is 13.2 Å². The Labute approximate surface area is 134 Å². The number of alkyl halides is 1. The lowest BCUT2D eigenvalue weighted by atomic mass is 10.1. The smallest absolute Gasteiger partial charge is 0.241 e. The number of carbonyl (C=O) groups is 1. The molecule has 7 heteroatoms. The van der Waals surface area contributed by atoms with E-state index in [1.165, 1.54) is 19.1 Å². The Kier molecular flexibility index (Phi) is 5.95. The Morgan fingerprint density at radius 2 is 1.76 bits per heavy atom. The van der Waals surface area contributed by atoms with Crippen LogP contribution in [0, 0.1) is 0 Å². The standard InChI is InChI=1S/C14H21BrN2O3S/c1-10(13(18)16-14(2,3)4)17-21(19,20)12-7-5-11(9-15)6-8-12/h5-8,10,17H,9H2,1-4H3,(H,16,18). The molecule has 0 saturated heterocycles. The summed E-state index contributed by atoms with van der Waals surface area (Å²) in [6.45, 7) is 7.03. The minimum absolute atomic E-state index is 0.141. The molecule has 0 fully saturated rings. The summed E-state index contributed by atoms with van der Waals surface area (Å²) in [7, 11) is -3.71. The molecule has 21 heavy (non-hydrogen) atoms. The zero-order valence-corrected chi connectivity index (χ0v) is 15.0. The van der Waals surface area contributed by atoms with Crippen molar-refractivity contribution in [1.82, 2.24) is 10.0 Å². The minimum Gasteiger partial charge on any atom is -0.350 e. The fourth-order valence-electron chi connectivity index (χ4n) is 1.59. The zero-order chi connectivity index (χ0) is 16.3. The van der Waals surface area contributed by atoms with E-state index in [0.29, 0.717) is 5.33 Å². The minimum atomic E-state index is -3.71. The fourth-order valence-corrected chi connectivity index (χ4v) is 3.17. The molecule has 1 rings (SSSR count). The average molecular weight is 377 g/mol. The number of rotatable bonds is 5. The molecule has 1 amide bonds. The SMILES string of the molecule is CC(NS(=O)(=O)c1ccc(CBr)cc1)C(=O)NC(C)(C)C. The molecule has 1 atom stereocenters. The molecule has 0 saturated carbocycles. The first-order chi connectivity index (χ1) is 9.55. The summed E-state index contributed by atoms with van der Waals surface area (Å²) in [5.74, 6) is -0.358. The van der Waals surface area contributed by atoms with Crippen LogP contribution in [-0.4, -0.2) is 25.9 Å². The van der Waals surface area contributed by atoms with E-state index >= 15 is 0 Å². The van der Waals surface area contributed by atoms with Gasteiger partial charge in [-0.15, -0.1) is 0 Å². The van der Waals surface area contributed by atoms with E-state index in [4.69, 9.17) is 0 Å². The molecule has 0 bridgehead atoms. The van der Waals surface area contributed by atoms with Gasteiger partial charge in [0.05, 0.1) is 10.9 Å². The first-order valence-electron chi connectivity index (χ1n) is 6.54. The summed E-state index contributed by atoms with van der Waals surface area (Å²) >= 11 is 3.30. The molecular weight excluding hydrogens is 356 g/mol. The fraction of sp³-hybridized carbons (Fsp3) is 0.500. The molecule has 1 unspecified atom stereocenters. The van der Waals surface area contributed by atoms with Gasteiger partial charge in [0.25, 0.3) is 0 Å². The van der Waals surface area contributed by atoms with E-state index < -0.39 is 21.6 Å². The van der Waals surface area contributed by atoms with Crippen molar-refractivity contribution in [3.8, 4) is 0 Å². The maximum atomic E-state index is 12.2. The maximum Gasteiger partial charge on any atom is 0.241 e. The molecule has 0 heterocycles. The largest absolute Gasteiger partial charge is 0.350 e. The summed E-state index contributed by atoms with van der Waals surface area (Å²) in [5.41, 5.74) is 0.571. The Hall–Kier alpha value is -0.920. The molecule has 0 aromatic heterocycles. The highest BCUT2D eigenvalue weighted by Crippen LogP contribution is 2.13. The highest BCUT2D eigenvalue weighted by Gasteiger charge is 2.24. The lowest BCUT2D eigenvalue weighted by Crippen LogP contribution is -2.50. The molecule has 0 aliphatic heterocycles. The van der Waals surface area contributed by atoms with Gasteiger partial charge >= 0.3 is 0 Å². The number of sulfonamides is 1. The second kappa shape index (κ2) is 6.89. The second-order valence-corrected chi connectivity index (χ2v) is 8.13. The van der Waals surface area contributed by atoms with Gasteiger partial charge in [-0.2, -0.15) is 4.72 Å². The van der Waals surface area contributed by atoms with Crippen molar-refractivity contribution in [2.45, 2.75) is 49.5 Å². The van der Waals surface area contributed by atoms with Crippen molar-refractivity contribution in [3.05, 3.63) is 29.8 Å². The van der Waals surface area contributed by atoms with Gasteiger partial charge in [-0.25, -0.2) is 8.42 Å². The molecular formula is C14H21BrN2O3S. The van der Waals surface area contributed by atoms with Crippen molar-refractivity contribution >= 4 is 31.9 Å². The van der Waals surface area contributed by atoms with Crippen molar-refractivity contribution in [3.63, 3.8) is 0 Å². The monoisotopic (exact) mass is 376 g/mol. The Morgan fingerprint density at radius 1 is 1.24 bits per heavy atom. The molecule has 0 aliphatic rings. The third-order valence-electron chi connectivity index (χ3n) is 2.61. The van der Waals surface area contributed by atoms with Gasteiger partial charge < -0.3 is 5.32 Å². The number of amides is 1. The highest BCUT2D eigenvalue weighted by atomic mass is 79.9.